The van der Waals surface area contributed by atoms with E-state index in [1.165, 1.54) is 4.68 Å². The highest BCUT2D eigenvalue weighted by Gasteiger charge is 2.19. The predicted octanol–water partition coefficient (Wildman–Crippen LogP) is 2.18. The van der Waals surface area contributed by atoms with Crippen molar-refractivity contribution in [3.8, 4) is 12.0 Å². The molecule has 0 aliphatic carbocycles. The van der Waals surface area contributed by atoms with E-state index >= 15 is 0 Å². The highest BCUT2D eigenvalue weighted by molar-refractivity contribution is 6.35. The van der Waals surface area contributed by atoms with E-state index in [0.29, 0.717) is 22.5 Å². The van der Waals surface area contributed by atoms with Crippen LogP contribution in [0.25, 0.3) is 17.0 Å². The third-order valence-electron chi connectivity index (χ3n) is 3.48. The van der Waals surface area contributed by atoms with Crippen molar-refractivity contribution >= 4 is 22.6 Å². The lowest BCUT2D eigenvalue weighted by molar-refractivity contribution is 0.272. The number of hydrogen-bond donors (Lipinski definition) is 0. The molecule has 0 radical (unpaired) electrons. The van der Waals surface area contributed by atoms with Crippen LogP contribution in [-0.2, 0) is 13.7 Å². The predicted molar refractivity (Wildman–Crippen MR) is 87.0 cm³/mol. The molecule has 0 atom stereocenters. The lowest BCUT2D eigenvalue weighted by Crippen LogP contribution is -2.08. The molecule has 0 fully saturated rings. The summed E-state index contributed by atoms with van der Waals surface area (Å²) < 4.78 is 9.13. The molecule has 3 aromatic heterocycles. The molecule has 120 valence electrons. The third-order valence-corrected chi connectivity index (χ3v) is 3.78. The van der Waals surface area contributed by atoms with E-state index in [2.05, 4.69) is 25.5 Å². The Balaban J connectivity index is 1.82. The van der Waals surface area contributed by atoms with E-state index in [1.807, 2.05) is 30.3 Å². The summed E-state index contributed by atoms with van der Waals surface area (Å²) in [7, 11) is 1.74. The summed E-state index contributed by atoms with van der Waals surface area (Å²) in [6, 6.07) is 11.5. The molecule has 0 saturated heterocycles. The van der Waals surface area contributed by atoms with Gasteiger partial charge in [0.25, 0.3) is 5.95 Å². The van der Waals surface area contributed by atoms with E-state index in [4.69, 9.17) is 16.3 Å². The highest BCUT2D eigenvalue weighted by Crippen LogP contribution is 2.29. The van der Waals surface area contributed by atoms with Gasteiger partial charge >= 0.3 is 6.01 Å². The number of hydrogen-bond acceptors (Lipinski definition) is 6. The van der Waals surface area contributed by atoms with Gasteiger partial charge in [0, 0.05) is 13.2 Å². The number of para-hydroxylation sites is 1. The number of halogens is 1. The Hall–Kier alpha value is -3.00. The third kappa shape index (κ3) is 2.46. The Morgan fingerprint density at radius 3 is 2.83 bits per heavy atom. The van der Waals surface area contributed by atoms with Gasteiger partial charge in [0.2, 0.25) is 0 Å². The highest BCUT2D eigenvalue weighted by atomic mass is 35.5. The molecule has 24 heavy (non-hydrogen) atoms. The number of nitrogens with zero attached hydrogens (tertiary/aromatic N) is 7. The van der Waals surface area contributed by atoms with Crippen LogP contribution < -0.4 is 4.74 Å². The van der Waals surface area contributed by atoms with Gasteiger partial charge in [-0.15, -0.1) is 0 Å². The number of aryl methyl sites for hydroxylation is 1. The maximum Gasteiger partial charge on any atom is 0.305 e. The zero-order valence-corrected chi connectivity index (χ0v) is 13.4. The monoisotopic (exact) mass is 341 g/mol. The minimum absolute atomic E-state index is 0.271. The number of imidazole rings is 1. The minimum Gasteiger partial charge on any atom is -0.458 e. The van der Waals surface area contributed by atoms with Gasteiger partial charge in [0.05, 0.1) is 16.2 Å². The van der Waals surface area contributed by atoms with E-state index in [1.54, 1.807) is 23.9 Å². The average Bonchev–Trinajstić information content (AvgIpc) is 3.17. The van der Waals surface area contributed by atoms with Crippen LogP contribution in [0.4, 0.5) is 0 Å². The summed E-state index contributed by atoms with van der Waals surface area (Å²) in [5.41, 5.74) is 2.17. The quantitative estimate of drug-likeness (QED) is 0.565. The van der Waals surface area contributed by atoms with Crippen LogP contribution in [0.2, 0.25) is 5.02 Å². The van der Waals surface area contributed by atoms with Crippen molar-refractivity contribution in [2.24, 2.45) is 7.05 Å². The molecular formula is C15H12ClN7O. The molecule has 0 aliphatic rings. The van der Waals surface area contributed by atoms with Gasteiger partial charge in [0.1, 0.15) is 12.1 Å². The zero-order chi connectivity index (χ0) is 16.5. The average molecular weight is 342 g/mol. The van der Waals surface area contributed by atoms with E-state index in [9.17, 15) is 0 Å². The van der Waals surface area contributed by atoms with Gasteiger partial charge < -0.3 is 4.74 Å². The number of ether oxygens (including phenoxy) is 1. The Labute approximate surface area is 141 Å². The molecule has 9 heteroatoms. The molecule has 0 aliphatic heterocycles. The molecule has 4 rings (SSSR count). The standard InChI is InChI=1S/C15H12ClN7O/c1-22-14(19-20-21-22)23-12-7-4-6-11(16)13(12)18-15(23)24-9-10-5-2-3-8-17-10/h2-8H,9H2,1H3. The minimum atomic E-state index is 0.271. The van der Waals surface area contributed by atoms with E-state index in [-0.39, 0.29) is 6.61 Å². The van der Waals surface area contributed by atoms with Gasteiger partial charge in [-0.3, -0.25) is 4.98 Å². The normalized spacial score (nSPS) is 11.1. The molecule has 0 N–H and O–H groups in total. The summed E-state index contributed by atoms with van der Waals surface area (Å²) in [6.07, 6.45) is 1.71. The summed E-state index contributed by atoms with van der Waals surface area (Å²) >= 11 is 6.26. The Morgan fingerprint density at radius 2 is 2.08 bits per heavy atom. The molecule has 1 aromatic carbocycles. The van der Waals surface area contributed by atoms with Crippen LogP contribution in [0.15, 0.2) is 42.6 Å². The van der Waals surface area contributed by atoms with Crippen molar-refractivity contribution in [1.29, 1.82) is 0 Å². The van der Waals surface area contributed by atoms with Crippen molar-refractivity contribution in [1.82, 2.24) is 34.7 Å². The Kier molecular flexibility index (Phi) is 3.58. The van der Waals surface area contributed by atoms with Gasteiger partial charge in [-0.25, -0.2) is 9.25 Å². The smallest absolute Gasteiger partial charge is 0.305 e. The van der Waals surface area contributed by atoms with Crippen molar-refractivity contribution in [3.63, 3.8) is 0 Å². The van der Waals surface area contributed by atoms with Crippen LogP contribution in [0.3, 0.4) is 0 Å². The summed E-state index contributed by atoms with van der Waals surface area (Å²) in [4.78, 5) is 8.74. The molecule has 0 spiro atoms. The number of tetrazole rings is 1. The van der Waals surface area contributed by atoms with Crippen LogP contribution in [0.1, 0.15) is 5.69 Å². The van der Waals surface area contributed by atoms with Crippen LogP contribution in [0.5, 0.6) is 6.01 Å². The van der Waals surface area contributed by atoms with Gasteiger partial charge in [-0.2, -0.15) is 4.98 Å². The first-order chi connectivity index (χ1) is 11.7. The number of rotatable bonds is 4. The van der Waals surface area contributed by atoms with E-state index in [0.717, 1.165) is 11.2 Å². The van der Waals surface area contributed by atoms with Crippen LogP contribution >= 0.6 is 11.6 Å². The molecule has 0 unspecified atom stereocenters. The number of fused-ring (bicyclic) bond motifs is 1. The molecule has 0 amide bonds. The first-order valence-corrected chi connectivity index (χ1v) is 7.54. The van der Waals surface area contributed by atoms with Gasteiger partial charge in [0.15, 0.2) is 0 Å². The SMILES string of the molecule is Cn1nnnc1-n1c(OCc2ccccn2)nc2c(Cl)cccc21. The molecule has 0 saturated carbocycles. The molecule has 8 nitrogen and oxygen atoms in total. The maximum atomic E-state index is 6.26. The summed E-state index contributed by atoms with van der Waals surface area (Å²) in [5, 5.41) is 12.1. The molecule has 4 aromatic rings. The number of pyridine rings is 1. The van der Waals surface area contributed by atoms with Gasteiger partial charge in [-0.05, 0) is 34.7 Å². The Morgan fingerprint density at radius 1 is 1.17 bits per heavy atom. The van der Waals surface area contributed by atoms with Crippen LogP contribution in [-0.4, -0.2) is 34.7 Å². The van der Waals surface area contributed by atoms with Crippen molar-refractivity contribution in [2.45, 2.75) is 6.61 Å². The summed E-state index contributed by atoms with van der Waals surface area (Å²) in [6.45, 7) is 0.271. The second-order valence-corrected chi connectivity index (χ2v) is 5.46. The topological polar surface area (TPSA) is 83.5 Å². The number of benzene rings is 1. The fourth-order valence-corrected chi connectivity index (χ4v) is 2.58. The fraction of sp³-hybridized carbons (Fsp3) is 0.133. The largest absolute Gasteiger partial charge is 0.458 e. The lowest BCUT2D eigenvalue weighted by Gasteiger charge is -2.08. The first kappa shape index (κ1) is 14.6. The second kappa shape index (κ2) is 5.89. The van der Waals surface area contributed by atoms with Crippen molar-refractivity contribution in [2.75, 3.05) is 0 Å². The molecular weight excluding hydrogens is 330 g/mol. The fourth-order valence-electron chi connectivity index (χ4n) is 2.37. The second-order valence-electron chi connectivity index (χ2n) is 5.05. The van der Waals surface area contributed by atoms with Gasteiger partial charge in [-0.1, -0.05) is 28.8 Å². The van der Waals surface area contributed by atoms with Crippen molar-refractivity contribution in [3.05, 3.63) is 53.3 Å². The molecule has 3 heterocycles. The van der Waals surface area contributed by atoms with Crippen molar-refractivity contribution < 1.29 is 4.74 Å². The van der Waals surface area contributed by atoms with Crippen LogP contribution in [0, 0.1) is 0 Å². The first-order valence-electron chi connectivity index (χ1n) is 7.16. The van der Waals surface area contributed by atoms with E-state index < -0.39 is 0 Å². The lowest BCUT2D eigenvalue weighted by atomic mass is 10.3. The summed E-state index contributed by atoms with van der Waals surface area (Å²) in [5.74, 6) is 0.482. The maximum absolute atomic E-state index is 6.26. The number of aromatic nitrogens is 7. The molecule has 0 bridgehead atoms. The zero-order valence-electron chi connectivity index (χ0n) is 12.7. The Bertz CT molecular complexity index is 996.